The molecule has 0 atom stereocenters. The molecule has 0 bridgehead atoms. The zero-order valence-corrected chi connectivity index (χ0v) is 14.9. The minimum atomic E-state index is -0.321. The highest BCUT2D eigenvalue weighted by Gasteiger charge is 2.13. The molecule has 0 radical (unpaired) electrons. The van der Waals surface area contributed by atoms with Crippen LogP contribution in [0.5, 0.6) is 5.75 Å². The van der Waals surface area contributed by atoms with Gasteiger partial charge in [0.2, 0.25) is 0 Å². The molecule has 134 valence electrons. The molecule has 3 aromatic rings. The molecule has 2 heterocycles. The zero-order chi connectivity index (χ0) is 18.5. The third-order valence-corrected chi connectivity index (χ3v) is 3.61. The number of anilines is 2. The molecule has 0 spiro atoms. The Kier molecular flexibility index (Phi) is 5.12. The second-order valence-electron chi connectivity index (χ2n) is 5.68. The van der Waals surface area contributed by atoms with Crippen molar-refractivity contribution in [2.75, 3.05) is 30.9 Å². The van der Waals surface area contributed by atoms with E-state index in [0.29, 0.717) is 23.9 Å². The Labute approximate surface area is 151 Å². The molecule has 1 aromatic carbocycles. The standard InChI is InChI=1S/C18H20N6O2/c1-4-26-15-8-6-5-7-13(15)22-18(25)14-10-24(12-21-14)17-9-16(23(2)3)19-11-20-17/h5-12H,4H2,1-3H3,(H,22,25). The van der Waals surface area contributed by atoms with Gasteiger partial charge in [0.15, 0.2) is 0 Å². The summed E-state index contributed by atoms with van der Waals surface area (Å²) in [5, 5.41) is 2.83. The first-order chi connectivity index (χ1) is 12.6. The van der Waals surface area contributed by atoms with Crippen LogP contribution in [-0.2, 0) is 0 Å². The van der Waals surface area contributed by atoms with Crippen molar-refractivity contribution in [2.45, 2.75) is 6.92 Å². The van der Waals surface area contributed by atoms with Gasteiger partial charge in [0, 0.05) is 26.4 Å². The smallest absolute Gasteiger partial charge is 0.275 e. The molecular weight excluding hydrogens is 332 g/mol. The fraction of sp³-hybridized carbons (Fsp3) is 0.222. The van der Waals surface area contributed by atoms with Crippen LogP contribution in [0.15, 0.2) is 49.2 Å². The minimum Gasteiger partial charge on any atom is -0.492 e. The normalized spacial score (nSPS) is 10.4. The molecule has 0 fully saturated rings. The predicted molar refractivity (Wildman–Crippen MR) is 99.0 cm³/mol. The lowest BCUT2D eigenvalue weighted by Gasteiger charge is -2.11. The van der Waals surface area contributed by atoms with Gasteiger partial charge in [-0.1, -0.05) is 12.1 Å². The van der Waals surface area contributed by atoms with Crippen molar-refractivity contribution in [2.24, 2.45) is 0 Å². The van der Waals surface area contributed by atoms with Crippen molar-refractivity contribution < 1.29 is 9.53 Å². The maximum atomic E-state index is 12.5. The molecule has 0 aliphatic heterocycles. The van der Waals surface area contributed by atoms with Crippen molar-refractivity contribution in [3.8, 4) is 11.6 Å². The first-order valence-electron chi connectivity index (χ1n) is 8.15. The number of nitrogens with one attached hydrogen (secondary N) is 1. The molecule has 1 amide bonds. The summed E-state index contributed by atoms with van der Waals surface area (Å²) >= 11 is 0. The molecule has 1 N–H and O–H groups in total. The van der Waals surface area contributed by atoms with Crippen molar-refractivity contribution in [1.82, 2.24) is 19.5 Å². The highest BCUT2D eigenvalue weighted by atomic mass is 16.5. The van der Waals surface area contributed by atoms with Crippen LogP contribution >= 0.6 is 0 Å². The highest BCUT2D eigenvalue weighted by molar-refractivity contribution is 6.03. The molecule has 2 aromatic heterocycles. The molecule has 0 saturated carbocycles. The maximum absolute atomic E-state index is 12.5. The van der Waals surface area contributed by atoms with Crippen molar-refractivity contribution in [3.05, 3.63) is 54.9 Å². The second kappa shape index (κ2) is 7.64. The van der Waals surface area contributed by atoms with Gasteiger partial charge in [-0.3, -0.25) is 9.36 Å². The number of aromatic nitrogens is 4. The Morgan fingerprint density at radius 2 is 2.04 bits per heavy atom. The third-order valence-electron chi connectivity index (χ3n) is 3.61. The van der Waals surface area contributed by atoms with Crippen LogP contribution in [0.2, 0.25) is 0 Å². The monoisotopic (exact) mass is 352 g/mol. The predicted octanol–water partition coefficient (Wildman–Crippen LogP) is 2.38. The molecule has 0 aliphatic rings. The number of hydrogen-bond acceptors (Lipinski definition) is 6. The molecule has 0 unspecified atom stereocenters. The number of ether oxygens (including phenoxy) is 1. The number of nitrogens with zero attached hydrogens (tertiary/aromatic N) is 5. The number of hydrogen-bond donors (Lipinski definition) is 1. The van der Waals surface area contributed by atoms with E-state index in [-0.39, 0.29) is 11.6 Å². The molecule has 0 saturated heterocycles. The van der Waals surface area contributed by atoms with Gasteiger partial charge in [0.05, 0.1) is 12.3 Å². The van der Waals surface area contributed by atoms with E-state index in [4.69, 9.17) is 4.74 Å². The molecule has 0 aliphatic carbocycles. The van der Waals surface area contributed by atoms with E-state index in [2.05, 4.69) is 20.3 Å². The van der Waals surface area contributed by atoms with Gasteiger partial charge in [-0.25, -0.2) is 15.0 Å². The van der Waals surface area contributed by atoms with E-state index in [1.165, 1.54) is 6.33 Å². The average molecular weight is 352 g/mol. The summed E-state index contributed by atoms with van der Waals surface area (Å²) in [5.41, 5.74) is 0.882. The number of para-hydroxylation sites is 2. The van der Waals surface area contributed by atoms with Crippen LogP contribution in [0.25, 0.3) is 5.82 Å². The Morgan fingerprint density at radius 3 is 2.81 bits per heavy atom. The topological polar surface area (TPSA) is 85.2 Å². The lowest BCUT2D eigenvalue weighted by Crippen LogP contribution is -2.13. The van der Waals surface area contributed by atoms with E-state index in [0.717, 1.165) is 5.82 Å². The van der Waals surface area contributed by atoms with Crippen molar-refractivity contribution >= 4 is 17.4 Å². The molecule has 8 heteroatoms. The van der Waals surface area contributed by atoms with Gasteiger partial charge in [-0.2, -0.15) is 0 Å². The zero-order valence-electron chi connectivity index (χ0n) is 14.9. The van der Waals surface area contributed by atoms with Gasteiger partial charge in [-0.05, 0) is 19.1 Å². The van der Waals surface area contributed by atoms with Crippen LogP contribution in [0.3, 0.4) is 0 Å². The van der Waals surface area contributed by atoms with Gasteiger partial charge in [0.25, 0.3) is 5.91 Å². The van der Waals surface area contributed by atoms with Crippen LogP contribution in [0.1, 0.15) is 17.4 Å². The second-order valence-corrected chi connectivity index (χ2v) is 5.68. The lowest BCUT2D eigenvalue weighted by atomic mass is 10.3. The van der Waals surface area contributed by atoms with Crippen LogP contribution < -0.4 is 15.0 Å². The molecule has 26 heavy (non-hydrogen) atoms. The van der Waals surface area contributed by atoms with Crippen molar-refractivity contribution in [3.63, 3.8) is 0 Å². The molecule has 3 rings (SSSR count). The largest absolute Gasteiger partial charge is 0.492 e. The van der Waals surface area contributed by atoms with Crippen molar-refractivity contribution in [1.29, 1.82) is 0 Å². The lowest BCUT2D eigenvalue weighted by molar-refractivity contribution is 0.102. The van der Waals surface area contributed by atoms with Crippen LogP contribution in [-0.4, -0.2) is 46.1 Å². The van der Waals surface area contributed by atoms with E-state index < -0.39 is 0 Å². The molecule has 8 nitrogen and oxygen atoms in total. The summed E-state index contributed by atoms with van der Waals surface area (Å²) in [6.45, 7) is 2.41. The SMILES string of the molecule is CCOc1ccccc1NC(=O)c1cn(-c2cc(N(C)C)ncn2)cn1. The number of amides is 1. The Bertz CT molecular complexity index is 906. The number of carbonyl (C=O) groups excluding carboxylic acids is 1. The quantitative estimate of drug-likeness (QED) is 0.733. The number of imidazole rings is 1. The summed E-state index contributed by atoms with van der Waals surface area (Å²) in [7, 11) is 3.80. The maximum Gasteiger partial charge on any atom is 0.275 e. The van der Waals surface area contributed by atoms with Gasteiger partial charge >= 0.3 is 0 Å². The van der Waals surface area contributed by atoms with E-state index in [1.807, 2.05) is 44.1 Å². The van der Waals surface area contributed by atoms with E-state index >= 15 is 0 Å². The summed E-state index contributed by atoms with van der Waals surface area (Å²) in [5.74, 6) is 1.69. The Balaban J connectivity index is 1.80. The summed E-state index contributed by atoms with van der Waals surface area (Å²) in [4.78, 5) is 27.0. The van der Waals surface area contributed by atoms with E-state index in [1.54, 1.807) is 29.2 Å². The fourth-order valence-corrected chi connectivity index (χ4v) is 2.33. The summed E-state index contributed by atoms with van der Waals surface area (Å²) in [6, 6.07) is 9.09. The average Bonchev–Trinajstić information content (AvgIpc) is 3.14. The highest BCUT2D eigenvalue weighted by Crippen LogP contribution is 2.24. The summed E-state index contributed by atoms with van der Waals surface area (Å²) in [6.07, 6.45) is 4.65. The Hall–Kier alpha value is -3.42. The number of benzene rings is 1. The molecular formula is C18H20N6O2. The van der Waals surface area contributed by atoms with Gasteiger partial charge in [-0.15, -0.1) is 0 Å². The van der Waals surface area contributed by atoms with Gasteiger partial charge in [0.1, 0.15) is 35.7 Å². The van der Waals surface area contributed by atoms with Crippen LogP contribution in [0, 0.1) is 0 Å². The third kappa shape index (κ3) is 3.80. The van der Waals surface area contributed by atoms with Gasteiger partial charge < -0.3 is 15.0 Å². The Morgan fingerprint density at radius 1 is 1.23 bits per heavy atom. The number of carbonyl (C=O) groups is 1. The summed E-state index contributed by atoms with van der Waals surface area (Å²) < 4.78 is 7.20. The van der Waals surface area contributed by atoms with E-state index in [9.17, 15) is 4.79 Å². The first-order valence-corrected chi connectivity index (χ1v) is 8.15. The fourth-order valence-electron chi connectivity index (χ4n) is 2.33. The minimum absolute atomic E-state index is 0.279. The van der Waals surface area contributed by atoms with Crippen LogP contribution in [0.4, 0.5) is 11.5 Å². The first kappa shape index (κ1) is 17.4. The number of rotatable bonds is 6.